The number of nitrogens with zero attached hydrogens (tertiary/aromatic N) is 2. The number of guanidine groups is 1. The normalized spacial score (nSPS) is 18.9. The molecule has 0 amide bonds. The van der Waals surface area contributed by atoms with Crippen molar-refractivity contribution >= 4 is 5.96 Å². The molecule has 1 rings (SSSR count). The highest BCUT2D eigenvalue weighted by Gasteiger charge is 2.21. The Morgan fingerprint density at radius 1 is 1.20 bits per heavy atom. The lowest BCUT2D eigenvalue weighted by Crippen LogP contribution is -2.49. The van der Waals surface area contributed by atoms with Crippen molar-refractivity contribution in [2.24, 2.45) is 10.9 Å². The van der Waals surface area contributed by atoms with E-state index in [4.69, 9.17) is 0 Å². The van der Waals surface area contributed by atoms with Gasteiger partial charge in [-0.15, -0.1) is 0 Å². The van der Waals surface area contributed by atoms with E-state index >= 15 is 0 Å². The quantitative estimate of drug-likeness (QED) is 0.447. The Morgan fingerprint density at radius 2 is 1.85 bits per heavy atom. The van der Waals surface area contributed by atoms with Crippen molar-refractivity contribution in [3.63, 3.8) is 0 Å². The molecule has 4 heteroatoms. The molecule has 1 aliphatic heterocycles. The van der Waals surface area contributed by atoms with Crippen LogP contribution in [0.4, 0.5) is 0 Å². The minimum Gasteiger partial charge on any atom is -0.356 e. The largest absolute Gasteiger partial charge is 0.356 e. The van der Waals surface area contributed by atoms with Gasteiger partial charge < -0.3 is 15.5 Å². The van der Waals surface area contributed by atoms with Crippen LogP contribution in [0.5, 0.6) is 0 Å². The Bertz CT molecular complexity index is 278. The van der Waals surface area contributed by atoms with E-state index in [0.717, 1.165) is 18.4 Å². The Morgan fingerprint density at radius 3 is 2.35 bits per heavy atom. The van der Waals surface area contributed by atoms with Gasteiger partial charge in [0.15, 0.2) is 5.96 Å². The SMILES string of the molecule is CN=C(NCCCC(C)C)NC1CCN(C(C)C)CC1. The molecule has 0 aromatic heterocycles. The fourth-order valence-electron chi connectivity index (χ4n) is 2.67. The monoisotopic (exact) mass is 282 g/mol. The highest BCUT2D eigenvalue weighted by molar-refractivity contribution is 5.79. The summed E-state index contributed by atoms with van der Waals surface area (Å²) in [7, 11) is 1.86. The highest BCUT2D eigenvalue weighted by Crippen LogP contribution is 2.12. The zero-order valence-electron chi connectivity index (χ0n) is 14.1. The molecule has 1 aliphatic rings. The Labute approximate surface area is 125 Å². The van der Waals surface area contributed by atoms with Crippen molar-refractivity contribution in [1.29, 1.82) is 0 Å². The maximum atomic E-state index is 4.33. The van der Waals surface area contributed by atoms with Gasteiger partial charge in [0.05, 0.1) is 0 Å². The first-order valence-corrected chi connectivity index (χ1v) is 8.24. The van der Waals surface area contributed by atoms with Gasteiger partial charge in [0.2, 0.25) is 0 Å². The Kier molecular flexibility index (Phi) is 7.97. The summed E-state index contributed by atoms with van der Waals surface area (Å²) in [5.41, 5.74) is 0. The molecule has 2 N–H and O–H groups in total. The highest BCUT2D eigenvalue weighted by atomic mass is 15.2. The summed E-state index contributed by atoms with van der Waals surface area (Å²) in [5, 5.41) is 7.00. The Balaban J connectivity index is 2.21. The average Bonchev–Trinajstić information content (AvgIpc) is 2.42. The van der Waals surface area contributed by atoms with E-state index in [1.807, 2.05) is 7.05 Å². The van der Waals surface area contributed by atoms with Gasteiger partial charge in [-0.3, -0.25) is 4.99 Å². The van der Waals surface area contributed by atoms with Crippen LogP contribution in [0, 0.1) is 5.92 Å². The summed E-state index contributed by atoms with van der Waals surface area (Å²) in [6, 6.07) is 1.24. The molecule has 0 bridgehead atoms. The molecular weight excluding hydrogens is 248 g/mol. The van der Waals surface area contributed by atoms with Gasteiger partial charge in [-0.1, -0.05) is 13.8 Å². The zero-order valence-corrected chi connectivity index (χ0v) is 14.1. The topological polar surface area (TPSA) is 39.7 Å². The zero-order chi connectivity index (χ0) is 15.0. The van der Waals surface area contributed by atoms with E-state index in [-0.39, 0.29) is 0 Å². The summed E-state index contributed by atoms with van der Waals surface area (Å²) in [6.07, 6.45) is 4.91. The third-order valence-electron chi connectivity index (χ3n) is 4.07. The molecule has 20 heavy (non-hydrogen) atoms. The Hall–Kier alpha value is -0.770. The van der Waals surface area contributed by atoms with E-state index in [0.29, 0.717) is 12.1 Å². The van der Waals surface area contributed by atoms with Gasteiger partial charge in [0.1, 0.15) is 0 Å². The molecule has 0 unspecified atom stereocenters. The molecule has 4 nitrogen and oxygen atoms in total. The van der Waals surface area contributed by atoms with E-state index in [1.54, 1.807) is 0 Å². The third-order valence-corrected chi connectivity index (χ3v) is 4.07. The molecule has 0 radical (unpaired) electrons. The molecule has 0 aromatic rings. The van der Waals surface area contributed by atoms with Gasteiger partial charge in [-0.2, -0.15) is 0 Å². The second kappa shape index (κ2) is 9.22. The van der Waals surface area contributed by atoms with E-state index in [9.17, 15) is 0 Å². The van der Waals surface area contributed by atoms with Crippen LogP contribution in [0.1, 0.15) is 53.4 Å². The predicted octanol–water partition coefficient (Wildman–Crippen LogP) is 2.46. The van der Waals surface area contributed by atoms with Crippen LogP contribution in [0.2, 0.25) is 0 Å². The van der Waals surface area contributed by atoms with Crippen molar-refractivity contribution in [3.8, 4) is 0 Å². The van der Waals surface area contributed by atoms with Gasteiger partial charge in [0, 0.05) is 38.8 Å². The number of hydrogen-bond acceptors (Lipinski definition) is 2. The van der Waals surface area contributed by atoms with Crippen molar-refractivity contribution in [2.75, 3.05) is 26.7 Å². The van der Waals surface area contributed by atoms with Crippen molar-refractivity contribution < 1.29 is 0 Å². The second-order valence-corrected chi connectivity index (χ2v) is 6.58. The molecule has 0 aromatic carbocycles. The number of nitrogens with one attached hydrogen (secondary N) is 2. The summed E-state index contributed by atoms with van der Waals surface area (Å²) < 4.78 is 0. The minimum absolute atomic E-state index is 0.571. The lowest BCUT2D eigenvalue weighted by Gasteiger charge is -2.35. The van der Waals surface area contributed by atoms with Crippen LogP contribution in [0.25, 0.3) is 0 Å². The first-order valence-electron chi connectivity index (χ1n) is 8.24. The number of aliphatic imine (C=N–C) groups is 1. The fraction of sp³-hybridized carbons (Fsp3) is 0.938. The number of likely N-dealkylation sites (tertiary alicyclic amines) is 1. The van der Waals surface area contributed by atoms with Crippen molar-refractivity contribution in [2.45, 2.75) is 65.5 Å². The first-order chi connectivity index (χ1) is 9.52. The van der Waals surface area contributed by atoms with Crippen LogP contribution >= 0.6 is 0 Å². The molecule has 1 heterocycles. The molecule has 1 fully saturated rings. The van der Waals surface area contributed by atoms with E-state index in [2.05, 4.69) is 48.2 Å². The number of rotatable bonds is 6. The summed E-state index contributed by atoms with van der Waals surface area (Å²) >= 11 is 0. The van der Waals surface area contributed by atoms with Gasteiger partial charge >= 0.3 is 0 Å². The summed E-state index contributed by atoms with van der Waals surface area (Å²) in [4.78, 5) is 6.89. The number of hydrogen-bond donors (Lipinski definition) is 2. The molecule has 1 saturated heterocycles. The van der Waals surface area contributed by atoms with Crippen LogP contribution in [-0.2, 0) is 0 Å². The molecule has 118 valence electrons. The lowest BCUT2D eigenvalue weighted by atomic mass is 10.0. The maximum Gasteiger partial charge on any atom is 0.191 e. The molecule has 0 atom stereocenters. The second-order valence-electron chi connectivity index (χ2n) is 6.58. The summed E-state index contributed by atoms with van der Waals surface area (Å²) in [6.45, 7) is 12.5. The van der Waals surface area contributed by atoms with Crippen molar-refractivity contribution in [3.05, 3.63) is 0 Å². The first kappa shape index (κ1) is 17.3. The fourth-order valence-corrected chi connectivity index (χ4v) is 2.67. The maximum absolute atomic E-state index is 4.33. The van der Waals surface area contributed by atoms with Crippen LogP contribution < -0.4 is 10.6 Å². The molecule has 0 spiro atoms. The van der Waals surface area contributed by atoms with Crippen LogP contribution in [0.15, 0.2) is 4.99 Å². The van der Waals surface area contributed by atoms with Crippen LogP contribution in [-0.4, -0.2) is 49.6 Å². The smallest absolute Gasteiger partial charge is 0.191 e. The van der Waals surface area contributed by atoms with Gasteiger partial charge in [0.25, 0.3) is 0 Å². The van der Waals surface area contributed by atoms with Crippen LogP contribution in [0.3, 0.4) is 0 Å². The number of piperidine rings is 1. The predicted molar refractivity (Wildman–Crippen MR) is 88.3 cm³/mol. The van der Waals surface area contributed by atoms with E-state index < -0.39 is 0 Å². The molecule has 0 saturated carbocycles. The standard InChI is InChI=1S/C16H34N4/c1-13(2)7-6-10-18-16(17-5)19-15-8-11-20(12-9-15)14(3)4/h13-15H,6-12H2,1-5H3,(H2,17,18,19). The molecule has 0 aliphatic carbocycles. The average molecular weight is 282 g/mol. The lowest BCUT2D eigenvalue weighted by molar-refractivity contribution is 0.167. The minimum atomic E-state index is 0.571. The third kappa shape index (κ3) is 6.60. The van der Waals surface area contributed by atoms with Crippen molar-refractivity contribution in [1.82, 2.24) is 15.5 Å². The summed E-state index contributed by atoms with van der Waals surface area (Å²) in [5.74, 6) is 1.75. The van der Waals surface area contributed by atoms with E-state index in [1.165, 1.54) is 38.8 Å². The molecular formula is C16H34N4. The van der Waals surface area contributed by atoms with Gasteiger partial charge in [-0.25, -0.2) is 0 Å². The van der Waals surface area contributed by atoms with Gasteiger partial charge in [-0.05, 0) is 45.4 Å².